The Morgan fingerprint density at radius 2 is 2.20 bits per heavy atom. The second-order valence-corrected chi connectivity index (χ2v) is 2.63. The lowest BCUT2D eigenvalue weighted by Crippen LogP contribution is -2.24. The number of nitriles is 1. The van der Waals surface area contributed by atoms with Gasteiger partial charge in [-0.05, 0) is 12.8 Å². The first kappa shape index (κ1) is 6.87. The Balaban J connectivity index is 2.41. The van der Waals surface area contributed by atoms with Gasteiger partial charge in [0.2, 0.25) is 0 Å². The Hall–Kier alpha value is -1.24. The van der Waals surface area contributed by atoms with Gasteiger partial charge in [-0.3, -0.25) is 4.99 Å². The molecule has 10 heavy (non-hydrogen) atoms. The summed E-state index contributed by atoms with van der Waals surface area (Å²) in [5, 5.41) is 8.57. The van der Waals surface area contributed by atoms with Crippen LogP contribution in [0.3, 0.4) is 0 Å². The maximum Gasteiger partial charge on any atom is 0.185 e. The first-order valence-electron chi connectivity index (χ1n) is 3.15. The molecule has 0 heterocycles. The summed E-state index contributed by atoms with van der Waals surface area (Å²) in [6.07, 6.45) is 1.86. The highest BCUT2D eigenvalue weighted by Crippen LogP contribution is 2.44. The molecular weight excluding hydrogens is 128 g/mol. The Labute approximate surface area is 59.5 Å². The lowest BCUT2D eigenvalue weighted by Gasteiger charge is -1.98. The van der Waals surface area contributed by atoms with E-state index in [4.69, 9.17) is 16.7 Å². The highest BCUT2D eigenvalue weighted by Gasteiger charge is 2.42. The molecule has 0 aromatic heterocycles. The molecular formula is C6H10N4. The van der Waals surface area contributed by atoms with Crippen LogP contribution in [0.1, 0.15) is 12.8 Å². The Kier molecular flexibility index (Phi) is 1.50. The van der Waals surface area contributed by atoms with Gasteiger partial charge in [0, 0.05) is 0 Å². The summed E-state index contributed by atoms with van der Waals surface area (Å²) in [5.74, 6) is 0.0709. The first-order chi connectivity index (χ1) is 4.68. The number of aliphatic imine (C=N–C) groups is 1. The molecule has 0 aliphatic heterocycles. The Morgan fingerprint density at radius 1 is 1.60 bits per heavy atom. The van der Waals surface area contributed by atoms with Crippen LogP contribution in [-0.4, -0.2) is 12.5 Å². The van der Waals surface area contributed by atoms with Crippen LogP contribution in [-0.2, 0) is 0 Å². The number of hydrogen-bond donors (Lipinski definition) is 2. The van der Waals surface area contributed by atoms with Crippen molar-refractivity contribution in [2.75, 3.05) is 6.54 Å². The quantitative estimate of drug-likeness (QED) is 0.400. The van der Waals surface area contributed by atoms with Gasteiger partial charge in [0.1, 0.15) is 0 Å². The second-order valence-electron chi connectivity index (χ2n) is 2.63. The van der Waals surface area contributed by atoms with E-state index in [0.717, 1.165) is 12.8 Å². The lowest BCUT2D eigenvalue weighted by atomic mass is 10.1. The minimum Gasteiger partial charge on any atom is -0.370 e. The van der Waals surface area contributed by atoms with Gasteiger partial charge in [-0.1, -0.05) is 0 Å². The molecule has 0 spiro atoms. The van der Waals surface area contributed by atoms with Crippen LogP contribution in [0.15, 0.2) is 4.99 Å². The third-order valence-corrected chi connectivity index (χ3v) is 1.66. The van der Waals surface area contributed by atoms with E-state index in [2.05, 4.69) is 11.1 Å². The van der Waals surface area contributed by atoms with E-state index < -0.39 is 0 Å². The van der Waals surface area contributed by atoms with Crippen molar-refractivity contribution in [2.45, 2.75) is 12.8 Å². The van der Waals surface area contributed by atoms with Crippen molar-refractivity contribution >= 4 is 5.96 Å². The van der Waals surface area contributed by atoms with Crippen LogP contribution < -0.4 is 11.5 Å². The average molecular weight is 138 g/mol. The van der Waals surface area contributed by atoms with Crippen LogP contribution in [0, 0.1) is 16.7 Å². The zero-order chi connectivity index (χ0) is 7.61. The van der Waals surface area contributed by atoms with Gasteiger partial charge < -0.3 is 11.5 Å². The van der Waals surface area contributed by atoms with E-state index in [0.29, 0.717) is 6.54 Å². The molecule has 0 amide bonds. The fraction of sp³-hybridized carbons (Fsp3) is 0.667. The van der Waals surface area contributed by atoms with E-state index in [1.807, 2.05) is 0 Å². The molecule has 0 saturated heterocycles. The molecule has 0 bridgehead atoms. The molecule has 54 valence electrons. The maximum atomic E-state index is 8.57. The van der Waals surface area contributed by atoms with E-state index in [-0.39, 0.29) is 11.4 Å². The van der Waals surface area contributed by atoms with E-state index in [1.165, 1.54) is 0 Å². The van der Waals surface area contributed by atoms with Gasteiger partial charge in [-0.15, -0.1) is 0 Å². The molecule has 4 N–H and O–H groups in total. The molecule has 0 aromatic rings. The molecule has 1 saturated carbocycles. The lowest BCUT2D eigenvalue weighted by molar-refractivity contribution is 0.683. The van der Waals surface area contributed by atoms with Crippen molar-refractivity contribution in [2.24, 2.45) is 21.9 Å². The molecule has 0 aromatic carbocycles. The largest absolute Gasteiger partial charge is 0.370 e. The smallest absolute Gasteiger partial charge is 0.185 e. The average Bonchev–Trinajstić information content (AvgIpc) is 2.64. The Bertz CT molecular complexity index is 192. The summed E-state index contributed by atoms with van der Waals surface area (Å²) in [6.45, 7) is 0.464. The third-order valence-electron chi connectivity index (χ3n) is 1.66. The number of nitrogens with zero attached hydrogens (tertiary/aromatic N) is 2. The van der Waals surface area contributed by atoms with Gasteiger partial charge in [-0.2, -0.15) is 5.26 Å². The summed E-state index contributed by atoms with van der Waals surface area (Å²) in [6, 6.07) is 2.19. The van der Waals surface area contributed by atoms with Gasteiger partial charge in [-0.25, -0.2) is 0 Å². The monoisotopic (exact) mass is 138 g/mol. The maximum absolute atomic E-state index is 8.57. The SMILES string of the molecule is N#CC1(CN=C(N)N)CC1. The number of nitrogens with two attached hydrogens (primary N) is 2. The third kappa shape index (κ3) is 1.38. The van der Waals surface area contributed by atoms with Crippen LogP contribution in [0.4, 0.5) is 0 Å². The van der Waals surface area contributed by atoms with Gasteiger partial charge in [0.25, 0.3) is 0 Å². The molecule has 1 fully saturated rings. The normalized spacial score (nSPS) is 19.1. The fourth-order valence-electron chi connectivity index (χ4n) is 0.699. The van der Waals surface area contributed by atoms with Crippen molar-refractivity contribution < 1.29 is 0 Å². The molecule has 1 aliphatic carbocycles. The summed E-state index contributed by atoms with van der Waals surface area (Å²) in [5.41, 5.74) is 9.98. The van der Waals surface area contributed by atoms with Gasteiger partial charge in [0.15, 0.2) is 5.96 Å². The minimum atomic E-state index is -0.218. The minimum absolute atomic E-state index is 0.0709. The molecule has 4 heteroatoms. The topological polar surface area (TPSA) is 88.2 Å². The van der Waals surface area contributed by atoms with Crippen molar-refractivity contribution in [3.05, 3.63) is 0 Å². The standard InChI is InChI=1S/C6H10N4/c7-3-6(1-2-6)4-10-5(8)9/h1-2,4H2,(H4,8,9,10). The predicted octanol–water partition coefficient (Wildman–Crippen LogP) is -0.436. The first-order valence-corrected chi connectivity index (χ1v) is 3.15. The summed E-state index contributed by atoms with van der Waals surface area (Å²) in [7, 11) is 0. The van der Waals surface area contributed by atoms with Crippen molar-refractivity contribution in [3.8, 4) is 6.07 Å². The van der Waals surface area contributed by atoms with Gasteiger partial charge >= 0.3 is 0 Å². The van der Waals surface area contributed by atoms with Crippen molar-refractivity contribution in [1.29, 1.82) is 5.26 Å². The van der Waals surface area contributed by atoms with Crippen LogP contribution in [0.5, 0.6) is 0 Å². The zero-order valence-electron chi connectivity index (χ0n) is 5.67. The highest BCUT2D eigenvalue weighted by molar-refractivity contribution is 5.75. The number of hydrogen-bond acceptors (Lipinski definition) is 2. The second kappa shape index (κ2) is 2.18. The molecule has 4 nitrogen and oxygen atoms in total. The zero-order valence-corrected chi connectivity index (χ0v) is 5.67. The van der Waals surface area contributed by atoms with Crippen molar-refractivity contribution in [1.82, 2.24) is 0 Å². The molecule has 0 atom stereocenters. The van der Waals surface area contributed by atoms with Gasteiger partial charge in [0.05, 0.1) is 18.0 Å². The number of rotatable bonds is 2. The fourth-order valence-corrected chi connectivity index (χ4v) is 0.699. The van der Waals surface area contributed by atoms with Crippen molar-refractivity contribution in [3.63, 3.8) is 0 Å². The summed E-state index contributed by atoms with van der Waals surface area (Å²) >= 11 is 0. The van der Waals surface area contributed by atoms with Crippen LogP contribution in [0.25, 0.3) is 0 Å². The molecule has 0 radical (unpaired) electrons. The summed E-state index contributed by atoms with van der Waals surface area (Å²) < 4.78 is 0. The number of guanidine groups is 1. The van der Waals surface area contributed by atoms with E-state index in [9.17, 15) is 0 Å². The van der Waals surface area contributed by atoms with E-state index >= 15 is 0 Å². The summed E-state index contributed by atoms with van der Waals surface area (Å²) in [4.78, 5) is 3.78. The van der Waals surface area contributed by atoms with Crippen LogP contribution >= 0.6 is 0 Å². The Morgan fingerprint density at radius 3 is 2.50 bits per heavy atom. The molecule has 1 rings (SSSR count). The van der Waals surface area contributed by atoms with Crippen LogP contribution in [0.2, 0.25) is 0 Å². The highest BCUT2D eigenvalue weighted by atomic mass is 15.0. The molecule has 0 unspecified atom stereocenters. The molecule has 1 aliphatic rings. The van der Waals surface area contributed by atoms with E-state index in [1.54, 1.807) is 0 Å². The predicted molar refractivity (Wildman–Crippen MR) is 38.0 cm³/mol.